The number of hydrogen-bond acceptors (Lipinski definition) is 4. The molecule has 2 aliphatic rings. The van der Waals surface area contributed by atoms with Crippen LogP contribution in [-0.4, -0.2) is 23.6 Å². The predicted molar refractivity (Wildman–Crippen MR) is 67.3 cm³/mol. The van der Waals surface area contributed by atoms with Crippen LogP contribution in [0.2, 0.25) is 0 Å². The zero-order valence-corrected chi connectivity index (χ0v) is 10.8. The van der Waals surface area contributed by atoms with Gasteiger partial charge in [0, 0.05) is 37.9 Å². The van der Waals surface area contributed by atoms with E-state index in [1.54, 1.807) is 7.11 Å². The molecule has 1 aliphatic carbocycles. The first kappa shape index (κ1) is 11.3. The minimum atomic E-state index is 0.0943. The van der Waals surface area contributed by atoms with Crippen LogP contribution < -0.4 is 5.32 Å². The number of ether oxygens (including phenoxy) is 1. The van der Waals surface area contributed by atoms with E-state index in [0.717, 1.165) is 35.5 Å². The molecule has 2 heterocycles. The monoisotopic (exact) mass is 251 g/mol. The highest BCUT2D eigenvalue weighted by Gasteiger charge is 2.34. The molecule has 1 aliphatic heterocycles. The maximum Gasteiger partial charge on any atom is 0.137 e. The Kier molecular flexibility index (Phi) is 2.98. The molecule has 1 unspecified atom stereocenters. The van der Waals surface area contributed by atoms with Gasteiger partial charge in [-0.25, -0.2) is 4.98 Å². The molecule has 0 saturated heterocycles. The minimum absolute atomic E-state index is 0.0943. The molecule has 0 amide bonds. The van der Waals surface area contributed by atoms with Crippen LogP contribution in [-0.2, 0) is 17.7 Å². The Hall–Kier alpha value is -0.780. The summed E-state index contributed by atoms with van der Waals surface area (Å²) in [6.07, 6.45) is 3.56. The molecular weight excluding hydrogens is 234 g/mol. The molecule has 92 valence electrons. The van der Waals surface area contributed by atoms with Crippen LogP contribution >= 0.6 is 12.2 Å². The van der Waals surface area contributed by atoms with Crippen molar-refractivity contribution in [3.8, 4) is 0 Å². The highest BCUT2D eigenvalue weighted by molar-refractivity contribution is 7.71. The molecule has 0 spiro atoms. The Labute approximate surface area is 106 Å². The molecule has 4 nitrogen and oxygen atoms in total. The van der Waals surface area contributed by atoms with Crippen LogP contribution in [0.15, 0.2) is 0 Å². The van der Waals surface area contributed by atoms with E-state index < -0.39 is 0 Å². The molecule has 2 N–H and O–H groups in total. The van der Waals surface area contributed by atoms with Crippen molar-refractivity contribution in [1.29, 1.82) is 0 Å². The molecule has 1 atom stereocenters. The van der Waals surface area contributed by atoms with Crippen molar-refractivity contribution >= 4 is 12.2 Å². The third kappa shape index (κ3) is 2.14. The zero-order chi connectivity index (χ0) is 11.8. The fourth-order valence-corrected chi connectivity index (χ4v) is 2.74. The summed E-state index contributed by atoms with van der Waals surface area (Å²) in [5, 5.41) is 3.32. The van der Waals surface area contributed by atoms with E-state index in [-0.39, 0.29) is 6.10 Å². The molecule has 17 heavy (non-hydrogen) atoms. The molecule has 0 aromatic carbocycles. The molecule has 1 aromatic heterocycles. The topological polar surface area (TPSA) is 49.9 Å². The van der Waals surface area contributed by atoms with E-state index >= 15 is 0 Å². The van der Waals surface area contributed by atoms with Gasteiger partial charge in [0.2, 0.25) is 0 Å². The second-order valence-corrected chi connectivity index (χ2v) is 5.19. The van der Waals surface area contributed by atoms with Crippen LogP contribution in [0.3, 0.4) is 0 Å². The average molecular weight is 251 g/mol. The first-order valence-corrected chi connectivity index (χ1v) is 6.56. The highest BCUT2D eigenvalue weighted by atomic mass is 32.1. The number of aromatic nitrogens is 2. The number of nitrogens with one attached hydrogen (secondary N) is 2. The molecule has 0 bridgehead atoms. The maximum absolute atomic E-state index is 5.55. The number of nitrogens with zero attached hydrogens (tertiary/aromatic N) is 1. The van der Waals surface area contributed by atoms with Crippen LogP contribution in [0.5, 0.6) is 0 Å². The lowest BCUT2D eigenvalue weighted by atomic mass is 10.1. The first-order chi connectivity index (χ1) is 8.29. The van der Waals surface area contributed by atoms with Crippen LogP contribution in [0.25, 0.3) is 0 Å². The van der Waals surface area contributed by atoms with Gasteiger partial charge in [-0.05, 0) is 18.8 Å². The van der Waals surface area contributed by atoms with Crippen molar-refractivity contribution in [3.63, 3.8) is 0 Å². The van der Waals surface area contributed by atoms with Gasteiger partial charge in [0.05, 0.1) is 0 Å². The van der Waals surface area contributed by atoms with Gasteiger partial charge < -0.3 is 15.0 Å². The Morgan fingerprint density at radius 3 is 3.00 bits per heavy atom. The minimum Gasteiger partial charge on any atom is -0.373 e. The molecule has 1 saturated carbocycles. The normalized spacial score (nSPS) is 21.0. The van der Waals surface area contributed by atoms with Crippen molar-refractivity contribution in [2.75, 3.05) is 13.7 Å². The summed E-state index contributed by atoms with van der Waals surface area (Å²) in [7, 11) is 1.75. The largest absolute Gasteiger partial charge is 0.373 e. The van der Waals surface area contributed by atoms with E-state index in [9.17, 15) is 0 Å². The van der Waals surface area contributed by atoms with Crippen LogP contribution in [0.1, 0.15) is 36.0 Å². The lowest BCUT2D eigenvalue weighted by Crippen LogP contribution is -2.26. The first-order valence-electron chi connectivity index (χ1n) is 6.15. The van der Waals surface area contributed by atoms with Gasteiger partial charge in [-0.15, -0.1) is 0 Å². The van der Waals surface area contributed by atoms with E-state index in [4.69, 9.17) is 17.0 Å². The van der Waals surface area contributed by atoms with E-state index in [1.165, 1.54) is 18.5 Å². The molecule has 3 rings (SSSR count). The summed E-state index contributed by atoms with van der Waals surface area (Å²) in [5.41, 5.74) is 2.39. The summed E-state index contributed by atoms with van der Waals surface area (Å²) in [6, 6.07) is 0. The van der Waals surface area contributed by atoms with Gasteiger partial charge in [-0.2, -0.15) is 0 Å². The summed E-state index contributed by atoms with van der Waals surface area (Å²) in [6.45, 7) is 1.84. The summed E-state index contributed by atoms with van der Waals surface area (Å²) in [5.74, 6) is 1.54. The maximum atomic E-state index is 5.55. The number of fused-ring (bicyclic) bond motifs is 1. The van der Waals surface area contributed by atoms with Gasteiger partial charge in [0.1, 0.15) is 16.6 Å². The van der Waals surface area contributed by atoms with Crippen molar-refractivity contribution in [2.24, 2.45) is 5.92 Å². The van der Waals surface area contributed by atoms with Crippen LogP contribution in [0.4, 0.5) is 0 Å². The molecule has 5 heteroatoms. The third-order valence-corrected chi connectivity index (χ3v) is 3.89. The van der Waals surface area contributed by atoms with Crippen molar-refractivity contribution < 1.29 is 4.74 Å². The summed E-state index contributed by atoms with van der Waals surface area (Å²) in [4.78, 5) is 7.95. The fourth-order valence-electron chi connectivity index (χ4n) is 2.45. The summed E-state index contributed by atoms with van der Waals surface area (Å²) >= 11 is 5.37. The number of aromatic amines is 1. The van der Waals surface area contributed by atoms with Crippen molar-refractivity contribution in [2.45, 2.75) is 31.9 Å². The Balaban J connectivity index is 2.00. The molecular formula is C12H17N3OS. The standard InChI is InChI=1S/C12H17N3OS/c1-16-10(7-2-3-7)11-14-9-4-5-13-6-8(9)12(17)15-11/h7,10,13H,2-6H2,1H3,(H,14,15,17). The Bertz CT molecular complexity index is 481. The third-order valence-electron chi connectivity index (χ3n) is 3.55. The Morgan fingerprint density at radius 1 is 1.47 bits per heavy atom. The number of methoxy groups -OCH3 is 1. The second kappa shape index (κ2) is 4.48. The van der Waals surface area contributed by atoms with E-state index in [2.05, 4.69) is 15.3 Å². The number of hydrogen-bond donors (Lipinski definition) is 2. The van der Waals surface area contributed by atoms with Gasteiger partial charge >= 0.3 is 0 Å². The van der Waals surface area contributed by atoms with Gasteiger partial charge in [0.15, 0.2) is 0 Å². The fraction of sp³-hybridized carbons (Fsp3) is 0.667. The number of H-pyrrole nitrogens is 1. The second-order valence-electron chi connectivity index (χ2n) is 4.80. The highest BCUT2D eigenvalue weighted by Crippen LogP contribution is 2.41. The van der Waals surface area contributed by atoms with Crippen LogP contribution in [0, 0.1) is 10.6 Å². The smallest absolute Gasteiger partial charge is 0.137 e. The molecule has 1 fully saturated rings. The molecule has 1 aromatic rings. The van der Waals surface area contributed by atoms with Gasteiger partial charge in [0.25, 0.3) is 0 Å². The van der Waals surface area contributed by atoms with E-state index in [1.807, 2.05) is 0 Å². The van der Waals surface area contributed by atoms with Gasteiger partial charge in [-0.3, -0.25) is 0 Å². The van der Waals surface area contributed by atoms with Gasteiger partial charge in [-0.1, -0.05) is 12.2 Å². The SMILES string of the molecule is COC(c1nc(=S)c2c([nH]1)CCNC2)C1CC1. The molecule has 0 radical (unpaired) electrons. The average Bonchev–Trinajstić information content (AvgIpc) is 3.15. The van der Waals surface area contributed by atoms with E-state index in [0.29, 0.717) is 5.92 Å². The lowest BCUT2D eigenvalue weighted by molar-refractivity contribution is 0.0768. The Morgan fingerprint density at radius 2 is 2.29 bits per heavy atom. The number of rotatable bonds is 3. The zero-order valence-electron chi connectivity index (χ0n) is 9.95. The van der Waals surface area contributed by atoms with Crippen molar-refractivity contribution in [3.05, 3.63) is 21.7 Å². The lowest BCUT2D eigenvalue weighted by Gasteiger charge is -2.20. The van der Waals surface area contributed by atoms with Crippen molar-refractivity contribution in [1.82, 2.24) is 15.3 Å². The predicted octanol–water partition coefficient (Wildman–Crippen LogP) is 1.88. The quantitative estimate of drug-likeness (QED) is 0.805. The summed E-state index contributed by atoms with van der Waals surface area (Å²) < 4.78 is 6.28.